The molecule has 0 fully saturated rings. The summed E-state index contributed by atoms with van der Waals surface area (Å²) in [5.41, 5.74) is 5.15. The molecule has 1 aliphatic heterocycles. The number of allylic oxidation sites excluding steroid dienone is 1. The fraction of sp³-hybridized carbons (Fsp3) is 0.227. The smallest absolute Gasteiger partial charge is 0.254 e. The normalized spacial score (nSPS) is 14.2. The summed E-state index contributed by atoms with van der Waals surface area (Å²) in [6.07, 6.45) is 4.64. The highest BCUT2D eigenvalue weighted by molar-refractivity contribution is 5.97. The van der Waals surface area contributed by atoms with Crippen molar-refractivity contribution in [2.45, 2.75) is 19.9 Å². The van der Waals surface area contributed by atoms with Gasteiger partial charge in [0, 0.05) is 24.2 Å². The number of carbonyl (C=O) groups is 1. The lowest BCUT2D eigenvalue weighted by Crippen LogP contribution is -2.37. The maximum absolute atomic E-state index is 12.8. The molecule has 0 atom stereocenters. The van der Waals surface area contributed by atoms with Gasteiger partial charge in [0.25, 0.3) is 5.91 Å². The van der Waals surface area contributed by atoms with Gasteiger partial charge < -0.3 is 9.64 Å². The number of fused-ring (bicyclic) bond motifs is 1. The molecule has 3 rings (SSSR count). The molecule has 25 heavy (non-hydrogen) atoms. The Labute approximate surface area is 149 Å². The number of nitrogens with zero attached hydrogens (tertiary/aromatic N) is 1. The third kappa shape index (κ3) is 3.50. The van der Waals surface area contributed by atoms with Crippen LogP contribution in [0.15, 0.2) is 55.1 Å². The molecule has 0 unspecified atom stereocenters. The van der Waals surface area contributed by atoms with Crippen molar-refractivity contribution in [1.29, 1.82) is 0 Å². The van der Waals surface area contributed by atoms with Crippen LogP contribution in [0.25, 0.3) is 11.8 Å². The molecule has 0 aliphatic carbocycles. The van der Waals surface area contributed by atoms with Crippen molar-refractivity contribution in [3.63, 3.8) is 0 Å². The van der Waals surface area contributed by atoms with E-state index in [0.717, 1.165) is 46.5 Å². The predicted octanol–water partition coefficient (Wildman–Crippen LogP) is 4.54. The van der Waals surface area contributed by atoms with Crippen LogP contribution in [0.4, 0.5) is 0 Å². The Morgan fingerprint density at radius 2 is 2.00 bits per heavy atom. The van der Waals surface area contributed by atoms with E-state index in [2.05, 4.69) is 24.8 Å². The molecule has 3 heteroatoms. The molecule has 0 aromatic heterocycles. The minimum Gasteiger partial charge on any atom is -0.496 e. The number of amides is 1. The maximum atomic E-state index is 12.8. The average Bonchev–Trinajstić information content (AvgIpc) is 2.66. The van der Waals surface area contributed by atoms with Crippen LogP contribution in [0.2, 0.25) is 0 Å². The van der Waals surface area contributed by atoms with E-state index in [1.165, 1.54) is 0 Å². The van der Waals surface area contributed by atoms with Gasteiger partial charge in [0.05, 0.1) is 7.11 Å². The molecule has 1 heterocycles. The van der Waals surface area contributed by atoms with Gasteiger partial charge in [-0.25, -0.2) is 0 Å². The van der Waals surface area contributed by atoms with E-state index < -0.39 is 0 Å². The van der Waals surface area contributed by atoms with Gasteiger partial charge in [-0.3, -0.25) is 4.79 Å². The standard InChI is InChI=1S/C22H23NO2/c1-4-16-8-11-20-19(14-16)12-13-23(22(20)24)15-17-6-9-18(10-7-17)21(5-2)25-3/h4-11,14H,1,12-13,15H2,2-3H3/b21-5-. The van der Waals surface area contributed by atoms with Crippen LogP contribution in [0.3, 0.4) is 0 Å². The summed E-state index contributed by atoms with van der Waals surface area (Å²) in [6, 6.07) is 14.1. The molecule has 0 bridgehead atoms. The molecular weight excluding hydrogens is 310 g/mol. The number of hydrogen-bond acceptors (Lipinski definition) is 2. The lowest BCUT2D eigenvalue weighted by molar-refractivity contribution is 0.0727. The van der Waals surface area contributed by atoms with Gasteiger partial charge in [-0.05, 0) is 42.2 Å². The summed E-state index contributed by atoms with van der Waals surface area (Å²) in [4.78, 5) is 14.7. The molecule has 0 spiro atoms. The first-order chi connectivity index (χ1) is 12.2. The third-order valence-corrected chi connectivity index (χ3v) is 4.63. The first-order valence-electron chi connectivity index (χ1n) is 8.50. The second-order valence-corrected chi connectivity index (χ2v) is 6.15. The Hall–Kier alpha value is -2.81. The SMILES string of the molecule is C=Cc1ccc2c(c1)CCN(Cc1ccc(/C(=C/C)OC)cc1)C2=O. The zero-order chi connectivity index (χ0) is 17.8. The van der Waals surface area contributed by atoms with Gasteiger partial charge in [-0.15, -0.1) is 0 Å². The second-order valence-electron chi connectivity index (χ2n) is 6.15. The quantitative estimate of drug-likeness (QED) is 0.752. The summed E-state index contributed by atoms with van der Waals surface area (Å²) in [5.74, 6) is 0.958. The van der Waals surface area contributed by atoms with Crippen molar-refractivity contribution < 1.29 is 9.53 Å². The largest absolute Gasteiger partial charge is 0.496 e. The van der Waals surface area contributed by atoms with E-state index in [1.54, 1.807) is 7.11 Å². The van der Waals surface area contributed by atoms with Crippen LogP contribution >= 0.6 is 0 Å². The highest BCUT2D eigenvalue weighted by Crippen LogP contribution is 2.23. The first-order valence-corrected chi connectivity index (χ1v) is 8.50. The summed E-state index contributed by atoms with van der Waals surface area (Å²) < 4.78 is 5.34. The number of benzene rings is 2. The molecule has 1 amide bonds. The topological polar surface area (TPSA) is 29.5 Å². The van der Waals surface area contributed by atoms with Crippen molar-refractivity contribution in [3.8, 4) is 0 Å². The van der Waals surface area contributed by atoms with Crippen molar-refractivity contribution in [3.05, 3.63) is 82.9 Å². The van der Waals surface area contributed by atoms with E-state index in [4.69, 9.17) is 4.74 Å². The number of hydrogen-bond donors (Lipinski definition) is 0. The number of methoxy groups -OCH3 is 1. The maximum Gasteiger partial charge on any atom is 0.254 e. The molecule has 0 N–H and O–H groups in total. The number of carbonyl (C=O) groups excluding carboxylic acids is 1. The lowest BCUT2D eigenvalue weighted by Gasteiger charge is -2.29. The number of rotatable bonds is 5. The van der Waals surface area contributed by atoms with E-state index in [9.17, 15) is 4.79 Å². The molecule has 0 saturated heterocycles. The summed E-state index contributed by atoms with van der Waals surface area (Å²) in [7, 11) is 1.67. The molecule has 2 aromatic rings. The zero-order valence-corrected chi connectivity index (χ0v) is 14.8. The van der Waals surface area contributed by atoms with Crippen LogP contribution < -0.4 is 0 Å². The Morgan fingerprint density at radius 3 is 2.64 bits per heavy atom. The van der Waals surface area contributed by atoms with Crippen LogP contribution in [0.5, 0.6) is 0 Å². The van der Waals surface area contributed by atoms with Gasteiger partial charge in [-0.2, -0.15) is 0 Å². The third-order valence-electron chi connectivity index (χ3n) is 4.63. The highest BCUT2D eigenvalue weighted by Gasteiger charge is 2.24. The summed E-state index contributed by atoms with van der Waals surface area (Å²) in [6.45, 7) is 7.11. The Kier molecular flexibility index (Phi) is 5.03. The summed E-state index contributed by atoms with van der Waals surface area (Å²) in [5, 5.41) is 0. The Balaban J connectivity index is 1.75. The number of ether oxygens (including phenoxy) is 1. The predicted molar refractivity (Wildman–Crippen MR) is 102 cm³/mol. The van der Waals surface area contributed by atoms with Gasteiger partial charge in [0.1, 0.15) is 5.76 Å². The van der Waals surface area contributed by atoms with Crippen molar-refractivity contribution in [2.24, 2.45) is 0 Å². The minimum absolute atomic E-state index is 0.104. The summed E-state index contributed by atoms with van der Waals surface area (Å²) >= 11 is 0. The molecule has 128 valence electrons. The van der Waals surface area contributed by atoms with E-state index in [1.807, 2.05) is 48.2 Å². The lowest BCUT2D eigenvalue weighted by atomic mass is 9.96. The van der Waals surface area contributed by atoms with E-state index >= 15 is 0 Å². The molecular formula is C22H23NO2. The minimum atomic E-state index is 0.104. The van der Waals surface area contributed by atoms with Gasteiger partial charge >= 0.3 is 0 Å². The van der Waals surface area contributed by atoms with Gasteiger partial charge in [-0.1, -0.05) is 49.1 Å². The fourth-order valence-electron chi connectivity index (χ4n) is 3.23. The Bertz CT molecular complexity index is 818. The average molecular weight is 333 g/mol. The Morgan fingerprint density at radius 1 is 1.24 bits per heavy atom. The fourth-order valence-corrected chi connectivity index (χ4v) is 3.23. The molecule has 0 saturated carbocycles. The van der Waals surface area contributed by atoms with Gasteiger partial charge in [0.15, 0.2) is 0 Å². The molecule has 0 radical (unpaired) electrons. The van der Waals surface area contributed by atoms with Gasteiger partial charge in [0.2, 0.25) is 0 Å². The molecule has 2 aromatic carbocycles. The van der Waals surface area contributed by atoms with Crippen LogP contribution in [0, 0.1) is 0 Å². The zero-order valence-electron chi connectivity index (χ0n) is 14.8. The monoisotopic (exact) mass is 333 g/mol. The van der Waals surface area contributed by atoms with Crippen molar-refractivity contribution in [1.82, 2.24) is 4.90 Å². The van der Waals surface area contributed by atoms with Crippen LogP contribution in [-0.4, -0.2) is 24.5 Å². The van der Waals surface area contributed by atoms with E-state index in [0.29, 0.717) is 6.54 Å². The first kappa shape index (κ1) is 17.0. The highest BCUT2D eigenvalue weighted by atomic mass is 16.5. The molecule has 3 nitrogen and oxygen atoms in total. The second kappa shape index (κ2) is 7.39. The molecule has 1 aliphatic rings. The van der Waals surface area contributed by atoms with Crippen LogP contribution in [-0.2, 0) is 17.7 Å². The van der Waals surface area contributed by atoms with E-state index in [-0.39, 0.29) is 5.91 Å². The van der Waals surface area contributed by atoms with Crippen molar-refractivity contribution >= 4 is 17.7 Å². The van der Waals surface area contributed by atoms with Crippen molar-refractivity contribution in [2.75, 3.05) is 13.7 Å². The van der Waals surface area contributed by atoms with Crippen LogP contribution in [0.1, 0.15) is 39.5 Å².